The Morgan fingerprint density at radius 2 is 2.03 bits per heavy atom. The summed E-state index contributed by atoms with van der Waals surface area (Å²) in [5.74, 6) is 2.07. The molecule has 3 aromatic rings. The molecule has 0 spiro atoms. The van der Waals surface area contributed by atoms with Crippen LogP contribution in [-0.4, -0.2) is 47.7 Å². The molecule has 3 heterocycles. The van der Waals surface area contributed by atoms with Crippen molar-refractivity contribution in [3.8, 4) is 17.4 Å². The fraction of sp³-hybridized carbons (Fsp3) is 0.409. The summed E-state index contributed by atoms with van der Waals surface area (Å²) in [5, 5.41) is 2.88. The molecular weight excluding hydrogens is 384 g/mol. The third kappa shape index (κ3) is 4.03. The maximum atomic E-state index is 11.6. The van der Waals surface area contributed by atoms with Crippen LogP contribution in [0.1, 0.15) is 31.0 Å². The molecule has 0 bridgehead atoms. The molecule has 1 fully saturated rings. The van der Waals surface area contributed by atoms with Crippen molar-refractivity contribution < 1.29 is 19.0 Å². The molecule has 1 aromatic carbocycles. The Labute approximate surface area is 175 Å². The van der Waals surface area contributed by atoms with Crippen LogP contribution in [0.3, 0.4) is 0 Å². The van der Waals surface area contributed by atoms with Crippen LogP contribution in [0.5, 0.6) is 17.4 Å². The molecule has 0 aliphatic carbocycles. The van der Waals surface area contributed by atoms with Crippen molar-refractivity contribution in [2.75, 3.05) is 20.8 Å². The maximum Gasteiger partial charge on any atom is 0.242 e. The summed E-state index contributed by atoms with van der Waals surface area (Å²) < 4.78 is 17.0. The molecule has 4 rings (SSSR count). The van der Waals surface area contributed by atoms with Gasteiger partial charge >= 0.3 is 0 Å². The number of methoxy groups -OCH3 is 2. The topological polar surface area (TPSA) is 98.4 Å². The lowest BCUT2D eigenvalue weighted by Crippen LogP contribution is -2.28. The Hall–Kier alpha value is -3.29. The van der Waals surface area contributed by atoms with E-state index in [0.717, 1.165) is 23.2 Å². The zero-order chi connectivity index (χ0) is 21.1. The van der Waals surface area contributed by atoms with Gasteiger partial charge in [-0.1, -0.05) is 13.0 Å². The third-order valence-corrected chi connectivity index (χ3v) is 5.46. The number of aromatic amines is 1. The lowest BCUT2D eigenvalue weighted by Gasteiger charge is -2.22. The number of nitrogens with zero attached hydrogens (tertiary/aromatic N) is 2. The number of benzene rings is 1. The van der Waals surface area contributed by atoms with Crippen molar-refractivity contribution in [3.05, 3.63) is 41.9 Å². The first kappa shape index (κ1) is 20.0. The zero-order valence-corrected chi connectivity index (χ0v) is 17.4. The van der Waals surface area contributed by atoms with Crippen molar-refractivity contribution in [1.29, 1.82) is 0 Å². The Kier molecular flexibility index (Phi) is 5.74. The standard InChI is InChI=1S/C22H26N4O4/c1-4-17(14-9-20(27)23-11-14)30-22-21-16(24-12-25-21)10-15(26-22)7-13-5-6-18(28-2)19(8-13)29-3/h5-6,8,10,12,14,17H,4,7,9,11H2,1-3H3,(H,23,27)(H,24,25)/t14-,17-/m1/s1. The molecule has 8 nitrogen and oxygen atoms in total. The van der Waals surface area contributed by atoms with Crippen molar-refractivity contribution in [2.45, 2.75) is 32.3 Å². The van der Waals surface area contributed by atoms with E-state index >= 15 is 0 Å². The van der Waals surface area contributed by atoms with Crippen LogP contribution in [0, 0.1) is 5.92 Å². The summed E-state index contributed by atoms with van der Waals surface area (Å²) in [4.78, 5) is 23.9. The number of carbonyl (C=O) groups is 1. The summed E-state index contributed by atoms with van der Waals surface area (Å²) in [7, 11) is 3.24. The van der Waals surface area contributed by atoms with Crippen LogP contribution in [0.4, 0.5) is 0 Å². The van der Waals surface area contributed by atoms with Gasteiger partial charge in [0.1, 0.15) is 6.10 Å². The second kappa shape index (κ2) is 8.61. The van der Waals surface area contributed by atoms with Gasteiger partial charge in [-0.05, 0) is 30.2 Å². The third-order valence-electron chi connectivity index (χ3n) is 5.46. The second-order valence-corrected chi connectivity index (χ2v) is 7.42. The molecule has 0 radical (unpaired) electrons. The predicted octanol–water partition coefficient (Wildman–Crippen LogP) is 2.86. The molecule has 0 unspecified atom stereocenters. The normalized spacial score (nSPS) is 17.0. The number of pyridine rings is 1. The number of imidazole rings is 1. The lowest BCUT2D eigenvalue weighted by molar-refractivity contribution is -0.119. The molecule has 2 aromatic heterocycles. The number of hydrogen-bond acceptors (Lipinski definition) is 6. The summed E-state index contributed by atoms with van der Waals surface area (Å²) in [6.07, 6.45) is 3.40. The van der Waals surface area contributed by atoms with Crippen molar-refractivity contribution in [2.24, 2.45) is 5.92 Å². The van der Waals surface area contributed by atoms with Crippen molar-refractivity contribution >= 4 is 16.9 Å². The molecule has 1 aliphatic rings. The Morgan fingerprint density at radius 3 is 2.73 bits per heavy atom. The van der Waals surface area contributed by atoms with E-state index in [4.69, 9.17) is 19.2 Å². The number of carbonyl (C=O) groups excluding carboxylic acids is 1. The molecule has 8 heteroatoms. The fourth-order valence-corrected chi connectivity index (χ4v) is 3.89. The highest BCUT2D eigenvalue weighted by molar-refractivity contribution is 5.80. The molecule has 1 saturated heterocycles. The average Bonchev–Trinajstić information content (AvgIpc) is 3.40. The van der Waals surface area contributed by atoms with E-state index in [0.29, 0.717) is 42.3 Å². The number of amides is 1. The Bertz CT molecular complexity index is 1050. The summed E-state index contributed by atoms with van der Waals surface area (Å²) in [5.41, 5.74) is 3.46. The smallest absolute Gasteiger partial charge is 0.242 e. The molecule has 30 heavy (non-hydrogen) atoms. The molecule has 2 N–H and O–H groups in total. The number of aromatic nitrogens is 3. The molecular formula is C22H26N4O4. The number of rotatable bonds is 8. The van der Waals surface area contributed by atoms with Gasteiger partial charge in [0.2, 0.25) is 11.8 Å². The van der Waals surface area contributed by atoms with E-state index in [-0.39, 0.29) is 17.9 Å². The fourth-order valence-electron chi connectivity index (χ4n) is 3.89. The first-order chi connectivity index (χ1) is 14.6. The van der Waals surface area contributed by atoms with E-state index in [1.807, 2.05) is 24.3 Å². The number of ether oxygens (including phenoxy) is 3. The molecule has 1 aliphatic heterocycles. The number of H-pyrrole nitrogens is 1. The first-order valence-corrected chi connectivity index (χ1v) is 10.1. The maximum absolute atomic E-state index is 11.6. The summed E-state index contributed by atoms with van der Waals surface area (Å²) in [6.45, 7) is 2.69. The van der Waals surface area contributed by atoms with Crippen LogP contribution in [0.2, 0.25) is 0 Å². The molecule has 0 saturated carbocycles. The Balaban J connectivity index is 1.62. The van der Waals surface area contributed by atoms with E-state index in [1.165, 1.54) is 0 Å². The minimum Gasteiger partial charge on any atom is -0.493 e. The quantitative estimate of drug-likeness (QED) is 0.593. The highest BCUT2D eigenvalue weighted by Gasteiger charge is 2.30. The van der Waals surface area contributed by atoms with Crippen molar-refractivity contribution in [3.63, 3.8) is 0 Å². The van der Waals surface area contributed by atoms with E-state index in [2.05, 4.69) is 22.2 Å². The first-order valence-electron chi connectivity index (χ1n) is 10.1. The van der Waals surface area contributed by atoms with Gasteiger partial charge in [0, 0.05) is 25.3 Å². The van der Waals surface area contributed by atoms with Gasteiger partial charge in [-0.3, -0.25) is 4.79 Å². The van der Waals surface area contributed by atoms with Crippen LogP contribution in [0.15, 0.2) is 30.6 Å². The van der Waals surface area contributed by atoms with Crippen LogP contribution in [0.25, 0.3) is 11.0 Å². The molecule has 2 atom stereocenters. The van der Waals surface area contributed by atoms with E-state index in [9.17, 15) is 4.79 Å². The van der Waals surface area contributed by atoms with Gasteiger partial charge in [0.25, 0.3) is 0 Å². The molecule has 158 valence electrons. The average molecular weight is 410 g/mol. The Morgan fingerprint density at radius 1 is 1.20 bits per heavy atom. The van der Waals surface area contributed by atoms with Crippen LogP contribution in [-0.2, 0) is 11.2 Å². The molecule has 1 amide bonds. The van der Waals surface area contributed by atoms with Crippen LogP contribution >= 0.6 is 0 Å². The minimum absolute atomic E-state index is 0.0714. The summed E-state index contributed by atoms with van der Waals surface area (Å²) in [6, 6.07) is 7.80. The van der Waals surface area contributed by atoms with Gasteiger partial charge in [0.05, 0.1) is 31.8 Å². The highest BCUT2D eigenvalue weighted by Crippen LogP contribution is 2.30. The van der Waals surface area contributed by atoms with E-state index < -0.39 is 0 Å². The van der Waals surface area contributed by atoms with E-state index in [1.54, 1.807) is 20.5 Å². The number of hydrogen-bond donors (Lipinski definition) is 2. The van der Waals surface area contributed by atoms with Gasteiger partial charge in [-0.25, -0.2) is 9.97 Å². The largest absolute Gasteiger partial charge is 0.493 e. The van der Waals surface area contributed by atoms with Gasteiger partial charge in [-0.2, -0.15) is 0 Å². The van der Waals surface area contributed by atoms with Crippen molar-refractivity contribution in [1.82, 2.24) is 20.3 Å². The van der Waals surface area contributed by atoms with Gasteiger partial charge in [0.15, 0.2) is 17.0 Å². The van der Waals surface area contributed by atoms with Gasteiger partial charge < -0.3 is 24.5 Å². The lowest BCUT2D eigenvalue weighted by atomic mass is 9.99. The minimum atomic E-state index is -0.104. The number of fused-ring (bicyclic) bond motifs is 1. The zero-order valence-electron chi connectivity index (χ0n) is 17.4. The second-order valence-electron chi connectivity index (χ2n) is 7.42. The number of nitrogens with one attached hydrogen (secondary N) is 2. The SMILES string of the molecule is CC[C@@H](Oc1nc(Cc2ccc(OC)c(OC)c2)cc2[nH]cnc12)[C@H]1CNC(=O)C1. The van der Waals surface area contributed by atoms with Gasteiger partial charge in [-0.15, -0.1) is 0 Å². The van der Waals surface area contributed by atoms with Crippen LogP contribution < -0.4 is 19.5 Å². The highest BCUT2D eigenvalue weighted by atomic mass is 16.5. The predicted molar refractivity (Wildman–Crippen MR) is 112 cm³/mol. The summed E-state index contributed by atoms with van der Waals surface area (Å²) >= 11 is 0. The monoisotopic (exact) mass is 410 g/mol.